The van der Waals surface area contributed by atoms with Crippen molar-refractivity contribution in [1.29, 1.82) is 0 Å². The van der Waals surface area contributed by atoms with E-state index in [1.165, 1.54) is 18.9 Å². The Balaban J connectivity index is 2.08. The Morgan fingerprint density at radius 1 is 1.37 bits per heavy atom. The molecule has 1 aliphatic rings. The molecule has 0 bridgehead atoms. The summed E-state index contributed by atoms with van der Waals surface area (Å²) in [7, 11) is 0. The van der Waals surface area contributed by atoms with E-state index in [4.69, 9.17) is 0 Å². The Bertz CT molecular complexity index is 405. The summed E-state index contributed by atoms with van der Waals surface area (Å²) < 4.78 is 14.2. The van der Waals surface area contributed by atoms with E-state index >= 15 is 0 Å². The fraction of sp³-hybridized carbons (Fsp3) is 0.600. The molecule has 0 saturated carbocycles. The molecule has 106 valence electrons. The van der Waals surface area contributed by atoms with E-state index in [2.05, 4.69) is 33.1 Å². The van der Waals surface area contributed by atoms with Crippen LogP contribution in [0.15, 0.2) is 22.7 Å². The summed E-state index contributed by atoms with van der Waals surface area (Å²) in [6.07, 6.45) is 3.51. The number of piperidine rings is 1. The van der Waals surface area contributed by atoms with Crippen LogP contribution in [0, 0.1) is 5.82 Å². The van der Waals surface area contributed by atoms with Crippen LogP contribution in [-0.4, -0.2) is 30.6 Å². The first-order valence-electron chi connectivity index (χ1n) is 7.10. The van der Waals surface area contributed by atoms with E-state index in [1.807, 2.05) is 6.07 Å². The zero-order valence-corrected chi connectivity index (χ0v) is 13.0. The second kappa shape index (κ2) is 7.36. The maximum Gasteiger partial charge on any atom is 0.137 e. The van der Waals surface area contributed by atoms with Gasteiger partial charge < -0.3 is 5.32 Å². The van der Waals surface area contributed by atoms with Crippen molar-refractivity contribution in [2.75, 3.05) is 19.6 Å². The molecule has 1 heterocycles. The molecule has 1 aromatic carbocycles. The first-order valence-corrected chi connectivity index (χ1v) is 7.89. The molecule has 0 atom stereocenters. The van der Waals surface area contributed by atoms with Crippen molar-refractivity contribution in [2.45, 2.75) is 38.8 Å². The summed E-state index contributed by atoms with van der Waals surface area (Å²) in [6.45, 7) is 6.30. The van der Waals surface area contributed by atoms with E-state index in [-0.39, 0.29) is 5.82 Å². The second-order valence-electron chi connectivity index (χ2n) is 5.16. The van der Waals surface area contributed by atoms with Gasteiger partial charge in [0.15, 0.2) is 0 Å². The Labute approximate surface area is 123 Å². The lowest BCUT2D eigenvalue weighted by atomic mass is 10.0. The van der Waals surface area contributed by atoms with Gasteiger partial charge in [-0.1, -0.05) is 19.1 Å². The van der Waals surface area contributed by atoms with Gasteiger partial charge in [-0.25, -0.2) is 4.39 Å². The van der Waals surface area contributed by atoms with E-state index in [9.17, 15) is 4.39 Å². The highest BCUT2D eigenvalue weighted by Gasteiger charge is 2.21. The molecule has 0 spiro atoms. The van der Waals surface area contributed by atoms with Gasteiger partial charge in [0.25, 0.3) is 0 Å². The zero-order valence-electron chi connectivity index (χ0n) is 11.5. The molecule has 1 saturated heterocycles. The molecule has 1 fully saturated rings. The molecule has 19 heavy (non-hydrogen) atoms. The summed E-state index contributed by atoms with van der Waals surface area (Å²) >= 11 is 3.37. The van der Waals surface area contributed by atoms with Gasteiger partial charge in [-0.05, 0) is 66.5 Å². The Morgan fingerprint density at radius 2 is 2.11 bits per heavy atom. The molecule has 2 nitrogen and oxygen atoms in total. The minimum Gasteiger partial charge on any atom is -0.317 e. The lowest BCUT2D eigenvalue weighted by Crippen LogP contribution is -2.43. The third-order valence-corrected chi connectivity index (χ3v) is 4.63. The Hall–Kier alpha value is -0.450. The summed E-state index contributed by atoms with van der Waals surface area (Å²) in [4.78, 5) is 2.50. The van der Waals surface area contributed by atoms with Crippen LogP contribution in [0.5, 0.6) is 0 Å². The number of benzene rings is 1. The van der Waals surface area contributed by atoms with Crippen molar-refractivity contribution < 1.29 is 4.39 Å². The van der Waals surface area contributed by atoms with Crippen molar-refractivity contribution in [1.82, 2.24) is 10.2 Å². The smallest absolute Gasteiger partial charge is 0.137 e. The third-order valence-electron chi connectivity index (χ3n) is 3.74. The second-order valence-corrected chi connectivity index (χ2v) is 5.96. The van der Waals surface area contributed by atoms with Crippen LogP contribution < -0.4 is 5.32 Å². The van der Waals surface area contributed by atoms with Crippen LogP contribution in [0.4, 0.5) is 4.39 Å². The highest BCUT2D eigenvalue weighted by molar-refractivity contribution is 9.10. The maximum atomic E-state index is 13.6. The lowest BCUT2D eigenvalue weighted by Gasteiger charge is -2.34. The summed E-state index contributed by atoms with van der Waals surface area (Å²) in [5, 5.41) is 3.40. The van der Waals surface area contributed by atoms with Gasteiger partial charge in [-0.3, -0.25) is 4.90 Å². The van der Waals surface area contributed by atoms with Crippen LogP contribution in [0.2, 0.25) is 0 Å². The molecular formula is C15H22BrFN2. The molecule has 1 aliphatic heterocycles. The van der Waals surface area contributed by atoms with Gasteiger partial charge in [0, 0.05) is 12.6 Å². The van der Waals surface area contributed by atoms with E-state index in [1.54, 1.807) is 6.07 Å². The highest BCUT2D eigenvalue weighted by Crippen LogP contribution is 2.24. The van der Waals surface area contributed by atoms with Gasteiger partial charge >= 0.3 is 0 Å². The number of hydrogen-bond donors (Lipinski definition) is 1. The minimum atomic E-state index is -0.167. The van der Waals surface area contributed by atoms with Gasteiger partial charge in [-0.15, -0.1) is 0 Å². The van der Waals surface area contributed by atoms with E-state index < -0.39 is 0 Å². The SMILES string of the molecule is CCCN(Cc1cccc(F)c1Br)C1CCNCC1. The number of nitrogens with zero attached hydrogens (tertiary/aromatic N) is 1. The van der Waals surface area contributed by atoms with Crippen LogP contribution in [0.1, 0.15) is 31.7 Å². The average Bonchev–Trinajstić information content (AvgIpc) is 2.44. The van der Waals surface area contributed by atoms with Crippen molar-refractivity contribution in [3.05, 3.63) is 34.1 Å². The Kier molecular flexibility index (Phi) is 5.79. The molecule has 4 heteroatoms. The zero-order chi connectivity index (χ0) is 13.7. The average molecular weight is 329 g/mol. The van der Waals surface area contributed by atoms with E-state index in [0.29, 0.717) is 10.5 Å². The molecule has 0 amide bonds. The quantitative estimate of drug-likeness (QED) is 0.889. The summed E-state index contributed by atoms with van der Waals surface area (Å²) in [5.41, 5.74) is 1.05. The minimum absolute atomic E-state index is 0.167. The fourth-order valence-corrected chi connectivity index (χ4v) is 3.13. The van der Waals surface area contributed by atoms with Gasteiger partial charge in [0.05, 0.1) is 4.47 Å². The number of nitrogens with one attached hydrogen (secondary N) is 1. The molecule has 0 aliphatic carbocycles. The molecule has 0 radical (unpaired) electrons. The predicted molar refractivity (Wildman–Crippen MR) is 80.7 cm³/mol. The van der Waals surface area contributed by atoms with Crippen molar-refractivity contribution in [3.8, 4) is 0 Å². The standard InChI is InChI=1S/C15H22BrFN2/c1-2-10-19(13-6-8-18-9-7-13)11-12-4-3-5-14(17)15(12)16/h3-5,13,18H,2,6-11H2,1H3. The number of hydrogen-bond acceptors (Lipinski definition) is 2. The Morgan fingerprint density at radius 3 is 2.79 bits per heavy atom. The van der Waals surface area contributed by atoms with Gasteiger partial charge in [-0.2, -0.15) is 0 Å². The first-order chi connectivity index (χ1) is 9.22. The number of halogens is 2. The normalized spacial score (nSPS) is 17.1. The van der Waals surface area contributed by atoms with Crippen molar-refractivity contribution in [2.24, 2.45) is 0 Å². The molecule has 2 rings (SSSR count). The maximum absolute atomic E-state index is 13.6. The highest BCUT2D eigenvalue weighted by atomic mass is 79.9. The molecular weight excluding hydrogens is 307 g/mol. The fourth-order valence-electron chi connectivity index (χ4n) is 2.74. The molecule has 1 aromatic rings. The molecule has 1 N–H and O–H groups in total. The third kappa shape index (κ3) is 4.01. The predicted octanol–water partition coefficient (Wildman–Crippen LogP) is 3.55. The largest absolute Gasteiger partial charge is 0.317 e. The van der Waals surface area contributed by atoms with Gasteiger partial charge in [0.1, 0.15) is 5.82 Å². The van der Waals surface area contributed by atoms with Crippen LogP contribution >= 0.6 is 15.9 Å². The van der Waals surface area contributed by atoms with E-state index in [0.717, 1.165) is 38.2 Å². The molecule has 0 aromatic heterocycles. The van der Waals surface area contributed by atoms with Crippen LogP contribution in [-0.2, 0) is 6.54 Å². The summed E-state index contributed by atoms with van der Waals surface area (Å²) in [6, 6.07) is 5.93. The van der Waals surface area contributed by atoms with Crippen molar-refractivity contribution in [3.63, 3.8) is 0 Å². The van der Waals surface area contributed by atoms with Gasteiger partial charge in [0.2, 0.25) is 0 Å². The number of rotatable bonds is 5. The van der Waals surface area contributed by atoms with Crippen LogP contribution in [0.3, 0.4) is 0 Å². The monoisotopic (exact) mass is 328 g/mol. The van der Waals surface area contributed by atoms with Crippen LogP contribution in [0.25, 0.3) is 0 Å². The lowest BCUT2D eigenvalue weighted by molar-refractivity contribution is 0.153. The van der Waals surface area contributed by atoms with Crippen molar-refractivity contribution >= 4 is 15.9 Å². The first kappa shape index (κ1) is 14.9. The summed E-state index contributed by atoms with van der Waals surface area (Å²) in [5.74, 6) is -0.167. The topological polar surface area (TPSA) is 15.3 Å². The molecule has 0 unspecified atom stereocenters.